The molecule has 2 aromatic rings. The predicted molar refractivity (Wildman–Crippen MR) is 65.9 cm³/mol. The minimum Gasteiger partial charge on any atom is -0.497 e. The lowest BCUT2D eigenvalue weighted by Gasteiger charge is -2.10. The van der Waals surface area contributed by atoms with E-state index in [0.29, 0.717) is 0 Å². The molecular weight excluding hydrogens is 216 g/mol. The number of hydrogen-bond acceptors (Lipinski definition) is 3. The van der Waals surface area contributed by atoms with Crippen LogP contribution in [0.1, 0.15) is 11.4 Å². The van der Waals surface area contributed by atoms with Crippen LogP contribution in [0.25, 0.3) is 5.69 Å². The average molecular weight is 230 g/mol. The van der Waals surface area contributed by atoms with Crippen molar-refractivity contribution in [2.75, 3.05) is 7.11 Å². The topological polar surface area (TPSA) is 44.1 Å². The first kappa shape index (κ1) is 11.4. The van der Waals surface area contributed by atoms with E-state index in [0.717, 1.165) is 22.8 Å². The summed E-state index contributed by atoms with van der Waals surface area (Å²) in [4.78, 5) is 15.8. The van der Waals surface area contributed by atoms with E-state index in [1.807, 2.05) is 44.2 Å². The standard InChI is InChI=1S/C13H14N2O2/c1-9-7-10(2)15(13(16)14-9)11-5-4-6-12(8-11)17-3/h4-8H,1-3H3. The molecule has 2 rings (SSSR count). The van der Waals surface area contributed by atoms with Gasteiger partial charge in [-0.3, -0.25) is 4.57 Å². The van der Waals surface area contributed by atoms with Crippen molar-refractivity contribution in [1.82, 2.24) is 9.55 Å². The second-order valence-electron chi connectivity index (χ2n) is 3.86. The van der Waals surface area contributed by atoms with Gasteiger partial charge in [0.2, 0.25) is 0 Å². The van der Waals surface area contributed by atoms with Gasteiger partial charge in [0.1, 0.15) is 5.75 Å². The first-order valence-electron chi connectivity index (χ1n) is 5.33. The van der Waals surface area contributed by atoms with Crippen molar-refractivity contribution < 1.29 is 4.74 Å². The minimum absolute atomic E-state index is 0.268. The molecule has 0 aliphatic carbocycles. The third-order valence-electron chi connectivity index (χ3n) is 2.55. The highest BCUT2D eigenvalue weighted by molar-refractivity contribution is 5.40. The number of ether oxygens (including phenoxy) is 1. The first-order chi connectivity index (χ1) is 8.11. The number of hydrogen-bond donors (Lipinski definition) is 0. The van der Waals surface area contributed by atoms with Crippen molar-refractivity contribution in [3.63, 3.8) is 0 Å². The Kier molecular flexibility index (Phi) is 2.95. The van der Waals surface area contributed by atoms with Gasteiger partial charge in [-0.15, -0.1) is 0 Å². The smallest absolute Gasteiger partial charge is 0.352 e. The van der Waals surface area contributed by atoms with Gasteiger partial charge in [0.25, 0.3) is 0 Å². The largest absolute Gasteiger partial charge is 0.497 e. The highest BCUT2D eigenvalue weighted by Crippen LogP contribution is 2.16. The van der Waals surface area contributed by atoms with E-state index in [1.54, 1.807) is 11.7 Å². The fourth-order valence-corrected chi connectivity index (χ4v) is 1.81. The lowest BCUT2D eigenvalue weighted by atomic mass is 10.2. The van der Waals surface area contributed by atoms with Gasteiger partial charge < -0.3 is 4.74 Å². The molecule has 0 radical (unpaired) electrons. The monoisotopic (exact) mass is 230 g/mol. The minimum atomic E-state index is -0.268. The summed E-state index contributed by atoms with van der Waals surface area (Å²) in [5.74, 6) is 0.717. The Bertz CT molecular complexity index is 603. The number of nitrogens with zero attached hydrogens (tertiary/aromatic N) is 2. The van der Waals surface area contributed by atoms with E-state index < -0.39 is 0 Å². The molecule has 0 saturated heterocycles. The fraction of sp³-hybridized carbons (Fsp3) is 0.231. The van der Waals surface area contributed by atoms with Crippen molar-refractivity contribution >= 4 is 0 Å². The number of aromatic nitrogens is 2. The SMILES string of the molecule is COc1cccc(-n2c(C)cc(C)nc2=O)c1. The third-order valence-corrected chi connectivity index (χ3v) is 2.55. The molecule has 17 heavy (non-hydrogen) atoms. The summed E-state index contributed by atoms with van der Waals surface area (Å²) in [6, 6.07) is 9.23. The molecule has 0 aliphatic rings. The molecule has 0 N–H and O–H groups in total. The van der Waals surface area contributed by atoms with Gasteiger partial charge in [-0.05, 0) is 32.0 Å². The van der Waals surface area contributed by atoms with Gasteiger partial charge in [-0.2, -0.15) is 4.98 Å². The zero-order valence-electron chi connectivity index (χ0n) is 10.1. The summed E-state index contributed by atoms with van der Waals surface area (Å²) in [7, 11) is 1.60. The molecule has 0 spiro atoms. The molecule has 0 saturated carbocycles. The van der Waals surface area contributed by atoms with Gasteiger partial charge in [-0.25, -0.2) is 4.79 Å². The molecule has 0 atom stereocenters. The second-order valence-corrected chi connectivity index (χ2v) is 3.86. The summed E-state index contributed by atoms with van der Waals surface area (Å²) in [6.07, 6.45) is 0. The van der Waals surface area contributed by atoms with Crippen LogP contribution >= 0.6 is 0 Å². The van der Waals surface area contributed by atoms with Crippen LogP contribution in [0.4, 0.5) is 0 Å². The third kappa shape index (κ3) is 2.20. The van der Waals surface area contributed by atoms with Gasteiger partial charge in [-0.1, -0.05) is 6.07 Å². The van der Waals surface area contributed by atoms with Gasteiger partial charge >= 0.3 is 5.69 Å². The quantitative estimate of drug-likeness (QED) is 0.791. The first-order valence-corrected chi connectivity index (χ1v) is 5.33. The normalized spacial score (nSPS) is 10.3. The van der Waals surface area contributed by atoms with E-state index in [9.17, 15) is 4.79 Å². The number of benzene rings is 1. The molecular formula is C13H14N2O2. The molecule has 1 heterocycles. The molecule has 88 valence electrons. The van der Waals surface area contributed by atoms with Gasteiger partial charge in [0.05, 0.1) is 12.8 Å². The summed E-state index contributed by atoms with van der Waals surface area (Å²) in [5, 5.41) is 0. The Morgan fingerprint density at radius 3 is 2.65 bits per heavy atom. The molecule has 0 amide bonds. The Morgan fingerprint density at radius 2 is 2.00 bits per heavy atom. The number of aryl methyl sites for hydroxylation is 2. The van der Waals surface area contributed by atoms with Crippen LogP contribution in [-0.2, 0) is 0 Å². The van der Waals surface area contributed by atoms with Crippen LogP contribution in [0, 0.1) is 13.8 Å². The zero-order chi connectivity index (χ0) is 12.4. The van der Waals surface area contributed by atoms with Crippen LogP contribution < -0.4 is 10.4 Å². The maximum atomic E-state index is 11.9. The molecule has 4 nitrogen and oxygen atoms in total. The molecule has 1 aromatic heterocycles. The van der Waals surface area contributed by atoms with Gasteiger partial charge in [0, 0.05) is 17.5 Å². The van der Waals surface area contributed by atoms with E-state index in [4.69, 9.17) is 4.74 Å². The van der Waals surface area contributed by atoms with Gasteiger partial charge in [0.15, 0.2) is 0 Å². The van der Waals surface area contributed by atoms with Crippen molar-refractivity contribution in [3.05, 3.63) is 52.2 Å². The fourth-order valence-electron chi connectivity index (χ4n) is 1.81. The Morgan fingerprint density at radius 1 is 1.24 bits per heavy atom. The molecule has 1 aromatic carbocycles. The maximum Gasteiger partial charge on any atom is 0.352 e. The number of rotatable bonds is 2. The van der Waals surface area contributed by atoms with Crippen LogP contribution in [0.15, 0.2) is 35.1 Å². The molecule has 0 fully saturated rings. The van der Waals surface area contributed by atoms with E-state index >= 15 is 0 Å². The van der Waals surface area contributed by atoms with Crippen molar-refractivity contribution in [2.45, 2.75) is 13.8 Å². The Hall–Kier alpha value is -2.10. The van der Waals surface area contributed by atoms with Crippen molar-refractivity contribution in [1.29, 1.82) is 0 Å². The van der Waals surface area contributed by atoms with Crippen LogP contribution in [0.3, 0.4) is 0 Å². The van der Waals surface area contributed by atoms with Crippen LogP contribution in [0.5, 0.6) is 5.75 Å². The number of methoxy groups -OCH3 is 1. The van der Waals surface area contributed by atoms with Crippen molar-refractivity contribution in [3.8, 4) is 11.4 Å². The molecule has 0 bridgehead atoms. The van der Waals surface area contributed by atoms with E-state index in [-0.39, 0.29) is 5.69 Å². The summed E-state index contributed by atoms with van der Waals surface area (Å²) in [5.41, 5.74) is 2.08. The lowest BCUT2D eigenvalue weighted by Crippen LogP contribution is -2.23. The van der Waals surface area contributed by atoms with Crippen molar-refractivity contribution in [2.24, 2.45) is 0 Å². The Labute approximate surface area is 99.5 Å². The summed E-state index contributed by atoms with van der Waals surface area (Å²) in [6.45, 7) is 3.69. The summed E-state index contributed by atoms with van der Waals surface area (Å²) < 4.78 is 6.71. The van der Waals surface area contributed by atoms with E-state index in [2.05, 4.69) is 4.98 Å². The zero-order valence-corrected chi connectivity index (χ0v) is 10.1. The lowest BCUT2D eigenvalue weighted by molar-refractivity contribution is 0.414. The average Bonchev–Trinajstić information content (AvgIpc) is 2.28. The molecule has 0 aliphatic heterocycles. The Balaban J connectivity index is 2.64. The van der Waals surface area contributed by atoms with Crippen LogP contribution in [0.2, 0.25) is 0 Å². The molecule has 0 unspecified atom stereocenters. The van der Waals surface area contributed by atoms with E-state index in [1.165, 1.54) is 0 Å². The maximum absolute atomic E-state index is 11.9. The summed E-state index contributed by atoms with van der Waals surface area (Å²) >= 11 is 0. The van der Waals surface area contributed by atoms with Crippen LogP contribution in [-0.4, -0.2) is 16.7 Å². The predicted octanol–water partition coefficient (Wildman–Crippen LogP) is 1.86. The highest BCUT2D eigenvalue weighted by Gasteiger charge is 2.06. The highest BCUT2D eigenvalue weighted by atomic mass is 16.5. The second kappa shape index (κ2) is 4.41. The molecule has 4 heteroatoms.